The Bertz CT molecular complexity index is 6450. The van der Waals surface area contributed by atoms with Gasteiger partial charge in [0.05, 0.1) is 44.8 Å². The number of aromatic nitrogens is 22. The molecule has 31 nitrogen and oxygen atoms in total. The van der Waals surface area contributed by atoms with Crippen molar-refractivity contribution in [2.75, 3.05) is 20.1 Å². The molecule has 612 valence electrons. The highest BCUT2D eigenvalue weighted by Gasteiger charge is 2.44. The second kappa shape index (κ2) is 33.2. The summed E-state index contributed by atoms with van der Waals surface area (Å²) in [6.07, 6.45) is 15.0. The summed E-state index contributed by atoms with van der Waals surface area (Å²) in [7, 11) is 2.17. The fourth-order valence-electron chi connectivity index (χ4n) is 17.2. The molecule has 8 aromatic carbocycles. The first kappa shape index (κ1) is 79.2. The third kappa shape index (κ3) is 17.5. The van der Waals surface area contributed by atoms with Crippen LogP contribution in [-0.4, -0.2) is 195 Å². The monoisotopic (exact) mass is 1610 g/mol. The molecule has 0 aliphatic carbocycles. The molecule has 3 saturated heterocycles. The van der Waals surface area contributed by atoms with Crippen molar-refractivity contribution in [2.45, 2.75) is 134 Å². The number of piperidine rings is 3. The molecule has 17 aromatic rings. The summed E-state index contributed by atoms with van der Waals surface area (Å²) < 4.78 is 0. The molecule has 0 bridgehead atoms. The van der Waals surface area contributed by atoms with E-state index in [2.05, 4.69) is 218 Å². The molecule has 12 heterocycles. The van der Waals surface area contributed by atoms with Crippen molar-refractivity contribution >= 4 is 61.3 Å². The Hall–Kier alpha value is -14.3. The maximum atomic E-state index is 13.2. The minimum absolute atomic E-state index is 0.0106. The van der Waals surface area contributed by atoms with E-state index in [1.165, 1.54) is 25.3 Å². The summed E-state index contributed by atoms with van der Waals surface area (Å²) in [5.41, 5.74) is 17.3. The van der Waals surface area contributed by atoms with Gasteiger partial charge < -0.3 is 31.6 Å². The molecule has 0 saturated carbocycles. The van der Waals surface area contributed by atoms with Crippen molar-refractivity contribution in [3.8, 4) is 102 Å². The van der Waals surface area contributed by atoms with Gasteiger partial charge in [-0.3, -0.25) is 60.1 Å². The number of carbonyl (C=O) groups is 3. The van der Waals surface area contributed by atoms with Crippen LogP contribution in [0.4, 0.5) is 0 Å². The van der Waals surface area contributed by atoms with E-state index in [0.717, 1.165) is 180 Å². The number of nitrogens with zero attached hydrogens (tertiary/aromatic N) is 14. The van der Waals surface area contributed by atoms with Gasteiger partial charge in [0.25, 0.3) is 17.7 Å². The van der Waals surface area contributed by atoms with Crippen LogP contribution in [0.2, 0.25) is 0 Å². The van der Waals surface area contributed by atoms with E-state index in [1.807, 2.05) is 164 Å². The zero-order chi connectivity index (χ0) is 83.6. The number of imidazole rings is 1. The minimum Gasteiger partial charge on any atom is -0.349 e. The van der Waals surface area contributed by atoms with Gasteiger partial charge in [-0.15, -0.1) is 0 Å². The maximum absolute atomic E-state index is 13.2. The van der Waals surface area contributed by atoms with Crippen molar-refractivity contribution < 1.29 is 14.4 Å². The van der Waals surface area contributed by atoms with E-state index in [4.69, 9.17) is 0 Å². The summed E-state index contributed by atoms with van der Waals surface area (Å²) in [4.78, 5) is 65.9. The fraction of sp³-hybridized carbons (Fsp3) is 0.267. The average molecular weight is 1620 g/mol. The Kier molecular flexibility index (Phi) is 21.8. The summed E-state index contributed by atoms with van der Waals surface area (Å²) in [5, 5.41) is 78.3. The molecule has 14 N–H and O–H groups in total. The molecule has 0 atom stereocenters. The van der Waals surface area contributed by atoms with Crippen LogP contribution in [0.3, 0.4) is 0 Å². The van der Waals surface area contributed by atoms with Crippen molar-refractivity contribution in [1.29, 1.82) is 0 Å². The zero-order valence-corrected chi connectivity index (χ0v) is 68.5. The highest BCUT2D eigenvalue weighted by atomic mass is 16.2. The molecule has 0 unspecified atom stereocenters. The normalized spacial score (nSPS) is 15.9. The average Bonchev–Trinajstić information content (AvgIpc) is 1.59. The molecule has 20 rings (SSSR count). The topological polar surface area (TPSA) is 424 Å². The van der Waals surface area contributed by atoms with Crippen molar-refractivity contribution in [3.05, 3.63) is 224 Å². The molecule has 3 aliphatic heterocycles. The second-order valence-corrected chi connectivity index (χ2v) is 33.7. The summed E-state index contributed by atoms with van der Waals surface area (Å²) in [5.74, 6) is 3.52. The Morgan fingerprint density at radius 3 is 1.02 bits per heavy atom. The molecule has 121 heavy (non-hydrogen) atoms. The van der Waals surface area contributed by atoms with Crippen LogP contribution >= 0.6 is 0 Å². The zero-order valence-electron chi connectivity index (χ0n) is 68.5. The van der Waals surface area contributed by atoms with Crippen LogP contribution in [0.5, 0.6) is 0 Å². The standard InChI is InChI=1S/C26H31N7O.C25H29N7O.C21H21N7O.C18H13N7/c1-25(2)13-19(14-26(3,4)33(25)5)29-24(34)18-8-6-7-16(11-18)22-20-12-17(23-27-15-28-32-23)9-10-21(20)30-31-22;1-24(2)12-18(13-25(3,4)32-24)28-23(33)17-7-5-6-15(10-17)21-19-11-16(22-26-14-27-31-22)8-9-20(19)29-30-21;29-21(25-16-6-8-22-9-7-16)15-3-1-2-13(10-15)19-17-11-14(20-23-12-24-28-20)4-5-18(17)26-27-19;1-2-11(8-12(3-1)17-19-6-7-20-17)16-14-9-13(18-21-10-22-25-18)4-5-15(14)23-24-16/h6-12,15,19H,13-14H2,1-5H3,(H,29,34)(H,30,31)(H,27,28,32);5-11,14,18,32H,12-13H2,1-4H3,(H,28,33)(H,29,30)(H,26,27,31);1-5,10-12,16,22H,6-9H2,(H,25,29)(H,26,27)(H,23,24,28);1-10H,(H,19,20)(H,23,24)(H,21,22,25). The van der Waals surface area contributed by atoms with Crippen LogP contribution in [-0.2, 0) is 0 Å². The molecule has 9 aromatic heterocycles. The molecule has 31 heteroatoms. The molecule has 3 aliphatic rings. The number of aromatic amines is 9. The Labute approximate surface area is 695 Å². The predicted octanol–water partition coefficient (Wildman–Crippen LogP) is 14.4. The van der Waals surface area contributed by atoms with Gasteiger partial charge in [-0.1, -0.05) is 54.6 Å². The van der Waals surface area contributed by atoms with Crippen LogP contribution in [0.25, 0.3) is 146 Å². The minimum atomic E-state index is -0.0578. The lowest BCUT2D eigenvalue weighted by Crippen LogP contribution is -2.62. The van der Waals surface area contributed by atoms with Gasteiger partial charge in [0, 0.05) is 141 Å². The lowest BCUT2D eigenvalue weighted by molar-refractivity contribution is -0.0169. The highest BCUT2D eigenvalue weighted by Crippen LogP contribution is 2.40. The lowest BCUT2D eigenvalue weighted by atomic mass is 9.77. The van der Waals surface area contributed by atoms with E-state index in [-0.39, 0.29) is 58.0 Å². The summed E-state index contributed by atoms with van der Waals surface area (Å²) in [6, 6.07) is 55.5. The number of hydrogen-bond donors (Lipinski definition) is 14. The van der Waals surface area contributed by atoms with Crippen molar-refractivity contribution in [2.24, 2.45) is 0 Å². The lowest BCUT2D eigenvalue weighted by Gasteiger charge is -2.53. The molecule has 0 spiro atoms. The van der Waals surface area contributed by atoms with Crippen LogP contribution in [0.15, 0.2) is 208 Å². The number of fused-ring (bicyclic) bond motifs is 4. The van der Waals surface area contributed by atoms with Crippen LogP contribution < -0.4 is 26.6 Å². The van der Waals surface area contributed by atoms with Crippen molar-refractivity contribution in [1.82, 2.24) is 143 Å². The van der Waals surface area contributed by atoms with E-state index >= 15 is 0 Å². The maximum Gasteiger partial charge on any atom is 0.251 e. The fourth-order valence-corrected chi connectivity index (χ4v) is 17.2. The number of nitrogens with one attached hydrogen (secondary N) is 14. The predicted molar refractivity (Wildman–Crippen MR) is 467 cm³/mol. The Balaban J connectivity index is 0.000000116. The van der Waals surface area contributed by atoms with Gasteiger partial charge in [0.15, 0.2) is 23.3 Å². The van der Waals surface area contributed by atoms with Crippen LogP contribution in [0, 0.1) is 0 Å². The number of carbonyl (C=O) groups excluding carboxylic acids is 3. The smallest absolute Gasteiger partial charge is 0.251 e. The SMILES string of the molecule is CC1(C)CC(NC(=O)c2cccc(-c3n[nH]c4ccc(-c5ncn[nH]5)cc34)c2)CC(C)(C)N1.CN1C(C)(C)CC(NC(=O)c2cccc(-c3n[nH]c4ccc(-c5ncn[nH]5)cc34)c2)CC1(C)C.O=C(NC1CCNCC1)c1cccc(-c2n[nH]c3ccc(-c4ncn[nH]4)cc23)c1.c1cc(-c2ncc[nH]2)cc(-c2n[nH]c3ccc(-c4ncn[nH]4)cc23)c1. The Morgan fingerprint density at radius 2 is 0.678 bits per heavy atom. The number of H-pyrrole nitrogens is 9. The van der Waals surface area contributed by atoms with E-state index in [1.54, 1.807) is 6.20 Å². The third-order valence-electron chi connectivity index (χ3n) is 23.0. The Morgan fingerprint density at radius 1 is 0.355 bits per heavy atom. The molecule has 0 radical (unpaired) electrons. The molecular weight excluding hydrogens is 1520 g/mol. The number of rotatable bonds is 15. The first-order valence-corrected chi connectivity index (χ1v) is 40.4. The van der Waals surface area contributed by atoms with E-state index in [0.29, 0.717) is 34.2 Å². The van der Waals surface area contributed by atoms with Gasteiger partial charge in [0.2, 0.25) is 0 Å². The van der Waals surface area contributed by atoms with Gasteiger partial charge in [0.1, 0.15) is 31.1 Å². The largest absolute Gasteiger partial charge is 0.349 e. The first-order chi connectivity index (χ1) is 58.5. The third-order valence-corrected chi connectivity index (χ3v) is 23.0. The van der Waals surface area contributed by atoms with Gasteiger partial charge >= 0.3 is 0 Å². The highest BCUT2D eigenvalue weighted by molar-refractivity contribution is 6.02. The summed E-state index contributed by atoms with van der Waals surface area (Å²) >= 11 is 0. The van der Waals surface area contributed by atoms with Crippen molar-refractivity contribution in [3.63, 3.8) is 0 Å². The van der Waals surface area contributed by atoms with Gasteiger partial charge in [-0.05, 0) is 229 Å². The molecular formula is C90H94N28O3. The quantitative estimate of drug-likeness (QED) is 0.0453. The summed E-state index contributed by atoms with van der Waals surface area (Å²) in [6.45, 7) is 19.6. The van der Waals surface area contributed by atoms with Gasteiger partial charge in [-0.25, -0.2) is 24.9 Å². The number of likely N-dealkylation sites (tertiary alicyclic amines) is 1. The first-order valence-electron chi connectivity index (χ1n) is 40.4. The molecule has 3 fully saturated rings. The number of amides is 3. The molecule has 3 amide bonds. The number of hydrogen-bond acceptors (Lipinski definition) is 19. The van der Waals surface area contributed by atoms with Crippen LogP contribution in [0.1, 0.15) is 125 Å². The number of benzene rings is 8. The van der Waals surface area contributed by atoms with Gasteiger partial charge in [-0.2, -0.15) is 40.8 Å². The van der Waals surface area contributed by atoms with E-state index < -0.39 is 0 Å². The second-order valence-electron chi connectivity index (χ2n) is 33.7. The van der Waals surface area contributed by atoms with E-state index in [9.17, 15) is 14.4 Å².